The van der Waals surface area contributed by atoms with Crippen LogP contribution in [0.3, 0.4) is 0 Å². The highest BCUT2D eigenvalue weighted by atomic mass is 16.5. The van der Waals surface area contributed by atoms with Gasteiger partial charge in [-0.1, -0.05) is 0 Å². The number of likely N-dealkylation sites (tertiary alicyclic amines) is 2. The van der Waals surface area contributed by atoms with Crippen LogP contribution in [0.4, 0.5) is 10.5 Å². The molecule has 0 spiro atoms. The van der Waals surface area contributed by atoms with Gasteiger partial charge < -0.3 is 30.0 Å². The molecule has 2 aromatic rings. The Kier molecular flexibility index (Phi) is 6.31. The Balaban J connectivity index is 1.49. The number of carbonyl (C=O) groups is 3. The first-order chi connectivity index (χ1) is 15.4. The van der Waals surface area contributed by atoms with Gasteiger partial charge in [-0.25, -0.2) is 9.78 Å². The SMILES string of the molecule is COC[C@H]1CCCN1C(=O)[C@@H]1CCCN(C(=O)Nc2c(C(N)=O)oc3nc(C)ccc23)C1. The Morgan fingerprint density at radius 1 is 1.25 bits per heavy atom. The van der Waals surface area contributed by atoms with E-state index in [-0.39, 0.29) is 35.0 Å². The van der Waals surface area contributed by atoms with E-state index in [0.29, 0.717) is 30.8 Å². The Labute approximate surface area is 186 Å². The molecule has 0 saturated carbocycles. The maximum Gasteiger partial charge on any atom is 0.321 e. The molecule has 3 N–H and O–H groups in total. The number of aromatic nitrogens is 1. The van der Waals surface area contributed by atoms with Crippen LogP contribution in [0.5, 0.6) is 0 Å². The van der Waals surface area contributed by atoms with Gasteiger partial charge in [-0.2, -0.15) is 0 Å². The summed E-state index contributed by atoms with van der Waals surface area (Å²) in [5.74, 6) is -1.11. The topological polar surface area (TPSA) is 131 Å². The fraction of sp³-hybridized carbons (Fsp3) is 0.545. The van der Waals surface area contributed by atoms with Crippen molar-refractivity contribution in [3.8, 4) is 0 Å². The molecule has 2 atom stereocenters. The van der Waals surface area contributed by atoms with Gasteiger partial charge in [0.2, 0.25) is 17.4 Å². The number of hydrogen-bond acceptors (Lipinski definition) is 6. The molecule has 2 fully saturated rings. The van der Waals surface area contributed by atoms with Gasteiger partial charge in [0.25, 0.3) is 5.91 Å². The highest BCUT2D eigenvalue weighted by Gasteiger charge is 2.36. The summed E-state index contributed by atoms with van der Waals surface area (Å²) in [7, 11) is 1.64. The van der Waals surface area contributed by atoms with E-state index in [9.17, 15) is 14.4 Å². The lowest BCUT2D eigenvalue weighted by atomic mass is 9.96. The zero-order chi connectivity index (χ0) is 22.8. The Morgan fingerprint density at radius 3 is 2.78 bits per heavy atom. The Morgan fingerprint density at radius 2 is 2.03 bits per heavy atom. The van der Waals surface area contributed by atoms with Gasteiger partial charge in [0, 0.05) is 32.4 Å². The number of hydrogen-bond donors (Lipinski definition) is 2. The number of primary amides is 1. The monoisotopic (exact) mass is 443 g/mol. The third-order valence-corrected chi connectivity index (χ3v) is 6.23. The van der Waals surface area contributed by atoms with E-state index in [1.54, 1.807) is 31.1 Å². The summed E-state index contributed by atoms with van der Waals surface area (Å²) < 4.78 is 10.8. The highest BCUT2D eigenvalue weighted by Crippen LogP contribution is 2.31. The number of furan rings is 1. The van der Waals surface area contributed by atoms with Crippen molar-refractivity contribution >= 4 is 34.6 Å². The van der Waals surface area contributed by atoms with E-state index in [2.05, 4.69) is 10.3 Å². The predicted molar refractivity (Wildman–Crippen MR) is 117 cm³/mol. The molecule has 0 aliphatic carbocycles. The van der Waals surface area contributed by atoms with Crippen LogP contribution in [0, 0.1) is 12.8 Å². The summed E-state index contributed by atoms with van der Waals surface area (Å²) in [4.78, 5) is 45.9. The number of fused-ring (bicyclic) bond motifs is 1. The lowest BCUT2D eigenvalue weighted by Crippen LogP contribution is -2.49. The van der Waals surface area contributed by atoms with Crippen molar-refractivity contribution in [1.29, 1.82) is 0 Å². The molecule has 0 unspecified atom stereocenters. The fourth-order valence-electron chi connectivity index (χ4n) is 4.64. The average molecular weight is 444 g/mol. The predicted octanol–water partition coefficient (Wildman–Crippen LogP) is 2.12. The molecule has 32 heavy (non-hydrogen) atoms. The number of nitrogens with two attached hydrogens (primary N) is 1. The fourth-order valence-corrected chi connectivity index (χ4v) is 4.64. The maximum absolute atomic E-state index is 13.1. The van der Waals surface area contributed by atoms with Gasteiger partial charge in [-0.05, 0) is 44.7 Å². The molecule has 2 aliphatic heterocycles. The minimum Gasteiger partial charge on any atom is -0.430 e. The summed E-state index contributed by atoms with van der Waals surface area (Å²) in [6.07, 6.45) is 3.37. The number of nitrogens with zero attached hydrogens (tertiary/aromatic N) is 3. The second-order valence-electron chi connectivity index (χ2n) is 8.47. The molecule has 2 aliphatic rings. The van der Waals surface area contributed by atoms with Gasteiger partial charge in [-0.15, -0.1) is 0 Å². The Bertz CT molecular complexity index is 1040. The molecule has 172 valence electrons. The largest absolute Gasteiger partial charge is 0.430 e. The highest BCUT2D eigenvalue weighted by molar-refractivity contribution is 6.09. The first-order valence-electron chi connectivity index (χ1n) is 10.9. The van der Waals surface area contributed by atoms with Crippen LogP contribution in [-0.4, -0.2) is 72.0 Å². The summed E-state index contributed by atoms with van der Waals surface area (Å²) in [6, 6.07) is 3.20. The summed E-state index contributed by atoms with van der Waals surface area (Å²) >= 11 is 0. The zero-order valence-electron chi connectivity index (χ0n) is 18.4. The first kappa shape index (κ1) is 22.1. The summed E-state index contributed by atoms with van der Waals surface area (Å²) in [5, 5.41) is 3.27. The van der Waals surface area contributed by atoms with Gasteiger partial charge in [-0.3, -0.25) is 9.59 Å². The van der Waals surface area contributed by atoms with Crippen LogP contribution < -0.4 is 11.1 Å². The number of piperidine rings is 1. The third-order valence-electron chi connectivity index (χ3n) is 6.23. The molecule has 10 heteroatoms. The Hall–Kier alpha value is -3.14. The number of nitrogens with one attached hydrogen (secondary N) is 1. The van der Waals surface area contributed by atoms with Crippen molar-refractivity contribution in [3.05, 3.63) is 23.6 Å². The minimum absolute atomic E-state index is 0.0771. The standard InChI is InChI=1S/C22H29N5O5/c1-13-7-8-16-17(18(19(23)28)32-20(16)24-13)25-22(30)26-9-3-5-14(11-26)21(29)27-10-4-6-15(27)12-31-2/h7-8,14-15H,3-6,9-12H2,1-2H3,(H2,23,28)(H,25,30)/t14-,15-/m1/s1. The number of ether oxygens (including phenoxy) is 1. The van der Waals surface area contributed by atoms with Crippen LogP contribution in [0.1, 0.15) is 41.9 Å². The molecule has 10 nitrogen and oxygen atoms in total. The number of anilines is 1. The van der Waals surface area contributed by atoms with Crippen LogP contribution >= 0.6 is 0 Å². The summed E-state index contributed by atoms with van der Waals surface area (Å²) in [5.41, 5.74) is 6.61. The van der Waals surface area contributed by atoms with Gasteiger partial charge in [0.05, 0.1) is 24.0 Å². The first-order valence-corrected chi connectivity index (χ1v) is 10.9. The van der Waals surface area contributed by atoms with Crippen molar-refractivity contribution < 1.29 is 23.5 Å². The zero-order valence-corrected chi connectivity index (χ0v) is 18.4. The smallest absolute Gasteiger partial charge is 0.321 e. The quantitative estimate of drug-likeness (QED) is 0.728. The van der Waals surface area contributed by atoms with Crippen LogP contribution in [0.25, 0.3) is 11.1 Å². The number of carbonyl (C=O) groups excluding carboxylic acids is 3. The maximum atomic E-state index is 13.1. The lowest BCUT2D eigenvalue weighted by Gasteiger charge is -2.35. The normalized spacial score (nSPS) is 21.2. The van der Waals surface area contributed by atoms with Crippen molar-refractivity contribution in [3.63, 3.8) is 0 Å². The molecular formula is C22H29N5O5. The molecule has 0 radical (unpaired) electrons. The number of aryl methyl sites for hydroxylation is 1. The molecule has 0 aromatic carbocycles. The van der Waals surface area contributed by atoms with E-state index in [1.807, 2.05) is 4.90 Å². The molecular weight excluding hydrogens is 414 g/mol. The molecule has 4 rings (SSSR count). The van der Waals surface area contributed by atoms with E-state index < -0.39 is 11.9 Å². The molecule has 4 amide bonds. The number of rotatable bonds is 5. The van der Waals surface area contributed by atoms with Crippen LogP contribution in [0.15, 0.2) is 16.5 Å². The van der Waals surface area contributed by atoms with Crippen molar-refractivity contribution in [2.75, 3.05) is 38.7 Å². The second kappa shape index (κ2) is 9.15. The van der Waals surface area contributed by atoms with Gasteiger partial charge in [0.1, 0.15) is 5.69 Å². The van der Waals surface area contributed by atoms with E-state index >= 15 is 0 Å². The van der Waals surface area contributed by atoms with E-state index in [4.69, 9.17) is 14.9 Å². The molecule has 0 bridgehead atoms. The molecule has 2 aromatic heterocycles. The van der Waals surface area contributed by atoms with Crippen molar-refractivity contribution in [2.45, 2.75) is 38.6 Å². The van der Waals surface area contributed by atoms with Gasteiger partial charge in [0.15, 0.2) is 0 Å². The number of amides is 4. The second-order valence-corrected chi connectivity index (χ2v) is 8.47. The third kappa shape index (κ3) is 4.27. The average Bonchev–Trinajstić information content (AvgIpc) is 3.38. The van der Waals surface area contributed by atoms with Crippen LogP contribution in [0.2, 0.25) is 0 Å². The summed E-state index contributed by atoms with van der Waals surface area (Å²) in [6.45, 7) is 3.90. The lowest BCUT2D eigenvalue weighted by molar-refractivity contribution is -0.138. The number of urea groups is 1. The number of methoxy groups -OCH3 is 1. The molecule has 2 saturated heterocycles. The molecule has 4 heterocycles. The van der Waals surface area contributed by atoms with Crippen molar-refractivity contribution in [2.24, 2.45) is 11.7 Å². The van der Waals surface area contributed by atoms with Crippen molar-refractivity contribution in [1.82, 2.24) is 14.8 Å². The number of pyridine rings is 1. The van der Waals surface area contributed by atoms with E-state index in [1.165, 1.54) is 0 Å². The minimum atomic E-state index is -0.791. The van der Waals surface area contributed by atoms with Crippen LogP contribution in [-0.2, 0) is 9.53 Å². The van der Waals surface area contributed by atoms with E-state index in [0.717, 1.165) is 32.2 Å². The van der Waals surface area contributed by atoms with Gasteiger partial charge >= 0.3 is 6.03 Å².